The van der Waals surface area contributed by atoms with E-state index in [1.807, 2.05) is 4.68 Å². The van der Waals surface area contributed by atoms with Gasteiger partial charge in [0.15, 0.2) is 5.69 Å². The molecule has 1 aliphatic heterocycles. The monoisotopic (exact) mass is 294 g/mol. The van der Waals surface area contributed by atoms with Crippen molar-refractivity contribution in [1.29, 1.82) is 0 Å². The lowest BCUT2D eigenvalue weighted by atomic mass is 9.74. The van der Waals surface area contributed by atoms with Crippen molar-refractivity contribution in [2.24, 2.45) is 5.73 Å². The van der Waals surface area contributed by atoms with Gasteiger partial charge >= 0.3 is 5.97 Å². The summed E-state index contributed by atoms with van der Waals surface area (Å²) in [5.74, 6) is -0.449. The van der Waals surface area contributed by atoms with E-state index >= 15 is 0 Å². The maximum Gasteiger partial charge on any atom is 0.360 e. The number of ether oxygens (including phenoxy) is 2. The van der Waals surface area contributed by atoms with Crippen LogP contribution in [0.1, 0.15) is 61.3 Å². The molecule has 1 aromatic rings. The Bertz CT molecular complexity index is 524. The van der Waals surface area contributed by atoms with Crippen LogP contribution in [0.25, 0.3) is 0 Å². The molecule has 21 heavy (non-hydrogen) atoms. The Hall–Kier alpha value is -1.47. The summed E-state index contributed by atoms with van der Waals surface area (Å²) in [6, 6.07) is 0.202. The fraction of sp³-hybridized carbons (Fsp3) is 0.786. The largest absolute Gasteiger partial charge is 0.461 e. The van der Waals surface area contributed by atoms with Crippen molar-refractivity contribution in [1.82, 2.24) is 15.0 Å². The van der Waals surface area contributed by atoms with Crippen LogP contribution in [-0.4, -0.2) is 39.8 Å². The molecule has 2 heterocycles. The molecule has 1 atom stereocenters. The van der Waals surface area contributed by atoms with Gasteiger partial charge in [-0.15, -0.1) is 5.10 Å². The van der Waals surface area contributed by atoms with E-state index in [2.05, 4.69) is 10.3 Å². The van der Waals surface area contributed by atoms with E-state index in [0.717, 1.165) is 32.3 Å². The molecule has 0 aromatic carbocycles. The average Bonchev–Trinajstić information content (AvgIpc) is 2.90. The van der Waals surface area contributed by atoms with Gasteiger partial charge in [0.05, 0.1) is 23.9 Å². The van der Waals surface area contributed by atoms with E-state index in [4.69, 9.17) is 15.2 Å². The number of nitrogens with two attached hydrogens (primary N) is 1. The summed E-state index contributed by atoms with van der Waals surface area (Å²) in [7, 11) is 0. The summed E-state index contributed by atoms with van der Waals surface area (Å²) in [5.41, 5.74) is 6.74. The van der Waals surface area contributed by atoms with Crippen LogP contribution in [0.15, 0.2) is 0 Å². The molecule has 116 valence electrons. The van der Waals surface area contributed by atoms with Crippen molar-refractivity contribution in [3.05, 3.63) is 11.4 Å². The number of nitrogens with zero attached hydrogens (tertiary/aromatic N) is 3. The number of hydrogen-bond donors (Lipinski definition) is 1. The fourth-order valence-electron chi connectivity index (χ4n) is 3.29. The highest BCUT2D eigenvalue weighted by Crippen LogP contribution is 2.45. The second-order valence-corrected chi connectivity index (χ2v) is 5.79. The predicted molar refractivity (Wildman–Crippen MR) is 74.7 cm³/mol. The summed E-state index contributed by atoms with van der Waals surface area (Å²) < 4.78 is 12.8. The molecule has 2 N–H and O–H groups in total. The topological polar surface area (TPSA) is 92.3 Å². The van der Waals surface area contributed by atoms with Gasteiger partial charge in [-0.1, -0.05) is 5.21 Å². The summed E-state index contributed by atoms with van der Waals surface area (Å²) in [4.78, 5) is 11.9. The molecule has 1 unspecified atom stereocenters. The Kier molecular flexibility index (Phi) is 3.95. The molecule has 2 aliphatic rings. The predicted octanol–water partition coefficient (Wildman–Crippen LogP) is 1.19. The van der Waals surface area contributed by atoms with Gasteiger partial charge in [-0.3, -0.25) is 0 Å². The number of carbonyl (C=O) groups is 1. The summed E-state index contributed by atoms with van der Waals surface area (Å²) in [6.45, 7) is 3.04. The molecule has 7 heteroatoms. The van der Waals surface area contributed by atoms with Crippen LogP contribution >= 0.6 is 0 Å². The first-order valence-corrected chi connectivity index (χ1v) is 7.64. The highest BCUT2D eigenvalue weighted by molar-refractivity contribution is 5.88. The van der Waals surface area contributed by atoms with Gasteiger partial charge in [0.2, 0.25) is 0 Å². The molecular weight excluding hydrogens is 272 g/mol. The summed E-state index contributed by atoms with van der Waals surface area (Å²) in [5, 5.41) is 8.16. The van der Waals surface area contributed by atoms with Crippen molar-refractivity contribution in [2.75, 3.05) is 13.2 Å². The molecule has 1 spiro atoms. The van der Waals surface area contributed by atoms with Crippen LogP contribution in [-0.2, 0) is 16.0 Å². The van der Waals surface area contributed by atoms with E-state index in [1.165, 1.54) is 6.42 Å². The standard InChI is InChI=1S/C14H22N4O3/c1-2-20-13(19)12-11(9-15)18(17-16-12)10-4-7-21-14(8-10)5-3-6-14/h10H,2-9,15H2,1H3. The first-order chi connectivity index (χ1) is 10.2. The lowest BCUT2D eigenvalue weighted by molar-refractivity contribution is -0.142. The van der Waals surface area contributed by atoms with E-state index in [-0.39, 0.29) is 23.9 Å². The first kappa shape index (κ1) is 14.5. The zero-order valence-electron chi connectivity index (χ0n) is 12.4. The minimum absolute atomic E-state index is 0.0187. The van der Waals surface area contributed by atoms with Crippen LogP contribution in [0.4, 0.5) is 0 Å². The van der Waals surface area contributed by atoms with E-state index in [9.17, 15) is 4.79 Å². The van der Waals surface area contributed by atoms with Gasteiger partial charge in [-0.2, -0.15) is 0 Å². The zero-order valence-corrected chi connectivity index (χ0v) is 12.4. The zero-order chi connectivity index (χ0) is 14.9. The lowest BCUT2D eigenvalue weighted by Crippen LogP contribution is -2.46. The van der Waals surface area contributed by atoms with Crippen LogP contribution in [0.3, 0.4) is 0 Å². The number of rotatable bonds is 4. The molecule has 3 rings (SSSR count). The number of esters is 1. The van der Waals surface area contributed by atoms with Crippen molar-refractivity contribution in [3.8, 4) is 0 Å². The van der Waals surface area contributed by atoms with Crippen LogP contribution in [0.2, 0.25) is 0 Å². The van der Waals surface area contributed by atoms with Gasteiger partial charge in [0.1, 0.15) is 0 Å². The average molecular weight is 294 g/mol. The Balaban J connectivity index is 1.83. The third-order valence-electron chi connectivity index (χ3n) is 4.53. The third-order valence-corrected chi connectivity index (χ3v) is 4.53. The van der Waals surface area contributed by atoms with Crippen LogP contribution in [0, 0.1) is 0 Å². The van der Waals surface area contributed by atoms with Gasteiger partial charge < -0.3 is 15.2 Å². The Morgan fingerprint density at radius 1 is 1.57 bits per heavy atom. The van der Waals surface area contributed by atoms with E-state index < -0.39 is 5.97 Å². The minimum Gasteiger partial charge on any atom is -0.461 e. The first-order valence-electron chi connectivity index (χ1n) is 7.64. The van der Waals surface area contributed by atoms with Gasteiger partial charge in [0.25, 0.3) is 0 Å². The highest BCUT2D eigenvalue weighted by Gasteiger charge is 2.43. The van der Waals surface area contributed by atoms with E-state index in [1.54, 1.807) is 6.92 Å². The highest BCUT2D eigenvalue weighted by atomic mass is 16.5. The molecule has 0 radical (unpaired) electrons. The molecule has 1 saturated heterocycles. The normalized spacial score (nSPS) is 23.8. The summed E-state index contributed by atoms with van der Waals surface area (Å²) >= 11 is 0. The van der Waals surface area contributed by atoms with Crippen LogP contribution in [0.5, 0.6) is 0 Å². The van der Waals surface area contributed by atoms with E-state index in [0.29, 0.717) is 12.3 Å². The molecule has 0 bridgehead atoms. The second-order valence-electron chi connectivity index (χ2n) is 5.79. The van der Waals surface area contributed by atoms with Gasteiger partial charge in [-0.05, 0) is 39.0 Å². The Morgan fingerprint density at radius 3 is 3.00 bits per heavy atom. The Labute approximate surface area is 123 Å². The maximum absolute atomic E-state index is 11.9. The number of carbonyl (C=O) groups excluding carboxylic acids is 1. The third kappa shape index (κ3) is 2.55. The summed E-state index contributed by atoms with van der Waals surface area (Å²) in [6.07, 6.45) is 5.25. The smallest absolute Gasteiger partial charge is 0.360 e. The van der Waals surface area contributed by atoms with Crippen LogP contribution < -0.4 is 5.73 Å². The van der Waals surface area contributed by atoms with Gasteiger partial charge in [-0.25, -0.2) is 9.48 Å². The molecule has 1 aromatic heterocycles. The second kappa shape index (κ2) is 5.73. The minimum atomic E-state index is -0.449. The fourth-order valence-corrected chi connectivity index (χ4v) is 3.29. The molecule has 1 aliphatic carbocycles. The van der Waals surface area contributed by atoms with Gasteiger partial charge in [0, 0.05) is 13.2 Å². The SMILES string of the molecule is CCOC(=O)c1nnn(C2CCOC3(CCC3)C2)c1CN. The van der Waals surface area contributed by atoms with Crippen molar-refractivity contribution in [3.63, 3.8) is 0 Å². The maximum atomic E-state index is 11.9. The van der Waals surface area contributed by atoms with Crippen molar-refractivity contribution in [2.45, 2.75) is 57.2 Å². The molecule has 0 amide bonds. The molecule has 7 nitrogen and oxygen atoms in total. The lowest BCUT2D eigenvalue weighted by Gasteiger charge is -2.47. The molecule has 1 saturated carbocycles. The number of hydrogen-bond acceptors (Lipinski definition) is 6. The quantitative estimate of drug-likeness (QED) is 0.838. The Morgan fingerprint density at radius 2 is 2.38 bits per heavy atom. The van der Waals surface area contributed by atoms with Crippen molar-refractivity contribution >= 4 is 5.97 Å². The number of aromatic nitrogens is 3. The molecular formula is C14H22N4O3. The van der Waals surface area contributed by atoms with Crippen molar-refractivity contribution < 1.29 is 14.3 Å². The molecule has 2 fully saturated rings.